The number of hydrogen-bond acceptors (Lipinski definition) is 9. The van der Waals surface area contributed by atoms with Crippen LogP contribution in [0.1, 0.15) is 17.3 Å². The predicted molar refractivity (Wildman–Crippen MR) is 155 cm³/mol. The number of amides is 1. The average Bonchev–Trinajstić information content (AvgIpc) is 2.89. The van der Waals surface area contributed by atoms with Gasteiger partial charge in [0.1, 0.15) is 18.1 Å². The van der Waals surface area contributed by atoms with Crippen molar-refractivity contribution in [1.29, 1.82) is 0 Å². The summed E-state index contributed by atoms with van der Waals surface area (Å²) in [5.74, 6) is 0.460. The lowest BCUT2D eigenvalue weighted by Crippen LogP contribution is -2.28. The Hall–Kier alpha value is -3.93. The van der Waals surface area contributed by atoms with Crippen LogP contribution in [0, 0.1) is 0 Å². The Morgan fingerprint density at radius 2 is 1.87 bits per heavy atom. The minimum Gasteiger partial charge on any atom is -0.412 e. The van der Waals surface area contributed by atoms with Gasteiger partial charge in [-0.05, 0) is 57.4 Å². The Bertz CT molecular complexity index is 1580. The molecule has 4 rings (SSSR count). The normalized spacial score (nSPS) is 11.1. The molecule has 0 aliphatic carbocycles. The van der Waals surface area contributed by atoms with E-state index in [0.29, 0.717) is 57.7 Å². The first-order chi connectivity index (χ1) is 18.7. The molecule has 1 aromatic carbocycles. The maximum Gasteiger partial charge on any atom is 0.293 e. The highest BCUT2D eigenvalue weighted by Crippen LogP contribution is 2.30. The van der Waals surface area contributed by atoms with Gasteiger partial charge < -0.3 is 25.7 Å². The van der Waals surface area contributed by atoms with E-state index in [1.54, 1.807) is 36.5 Å². The largest absolute Gasteiger partial charge is 0.412 e. The van der Waals surface area contributed by atoms with Crippen LogP contribution < -0.4 is 26.3 Å². The Kier molecular flexibility index (Phi) is 8.85. The highest BCUT2D eigenvalue weighted by atomic mass is 35.5. The highest BCUT2D eigenvalue weighted by Gasteiger charge is 2.18. The van der Waals surface area contributed by atoms with Crippen molar-refractivity contribution < 1.29 is 9.63 Å². The summed E-state index contributed by atoms with van der Waals surface area (Å²) in [4.78, 5) is 46.8. The summed E-state index contributed by atoms with van der Waals surface area (Å²) < 4.78 is 1.09. The lowest BCUT2D eigenvalue weighted by Gasteiger charge is -2.14. The molecule has 4 aromatic rings. The lowest BCUT2D eigenvalue weighted by atomic mass is 10.1. The summed E-state index contributed by atoms with van der Waals surface area (Å²) in [7, 11) is 5.31. The van der Waals surface area contributed by atoms with E-state index in [4.69, 9.17) is 28.0 Å². The first-order valence-corrected chi connectivity index (χ1v) is 12.8. The third-order valence-corrected chi connectivity index (χ3v) is 6.18. The van der Waals surface area contributed by atoms with Crippen molar-refractivity contribution >= 4 is 57.6 Å². The minimum atomic E-state index is -0.468. The molecule has 3 aromatic heterocycles. The highest BCUT2D eigenvalue weighted by molar-refractivity contribution is 6.33. The van der Waals surface area contributed by atoms with Crippen molar-refractivity contribution in [3.63, 3.8) is 0 Å². The van der Waals surface area contributed by atoms with E-state index in [0.717, 1.165) is 11.3 Å². The van der Waals surface area contributed by atoms with E-state index >= 15 is 0 Å². The second-order valence-corrected chi connectivity index (χ2v) is 9.58. The number of aromatic nitrogens is 4. The molecule has 0 unspecified atom stereocenters. The van der Waals surface area contributed by atoms with E-state index in [1.165, 1.54) is 13.2 Å². The number of likely N-dealkylation sites (N-methyl/N-ethyl adjacent to an activating group) is 1. The molecule has 11 nitrogen and oxygen atoms in total. The zero-order valence-electron chi connectivity index (χ0n) is 21.9. The van der Waals surface area contributed by atoms with E-state index in [1.807, 2.05) is 25.9 Å². The molecule has 0 aliphatic rings. The van der Waals surface area contributed by atoms with Crippen molar-refractivity contribution in [2.45, 2.75) is 6.92 Å². The molecule has 39 heavy (non-hydrogen) atoms. The number of nitrogens with zero attached hydrogens (tertiary/aromatic N) is 5. The van der Waals surface area contributed by atoms with Crippen LogP contribution in [0.15, 0.2) is 47.4 Å². The van der Waals surface area contributed by atoms with Crippen molar-refractivity contribution in [1.82, 2.24) is 24.6 Å². The molecule has 204 valence electrons. The number of rotatable bonds is 10. The van der Waals surface area contributed by atoms with E-state index in [9.17, 15) is 9.59 Å². The van der Waals surface area contributed by atoms with Crippen molar-refractivity contribution in [3.8, 4) is 11.1 Å². The molecule has 3 N–H and O–H groups in total. The fourth-order valence-corrected chi connectivity index (χ4v) is 4.25. The summed E-state index contributed by atoms with van der Waals surface area (Å²) in [5, 5.41) is 10.1. The van der Waals surface area contributed by atoms with Crippen LogP contribution >= 0.6 is 23.2 Å². The molecule has 0 atom stereocenters. The molecule has 0 bridgehead atoms. The fraction of sp³-hybridized carbons (Fsp3) is 0.269. The third-order valence-electron chi connectivity index (χ3n) is 5.66. The third kappa shape index (κ3) is 6.56. The van der Waals surface area contributed by atoms with Crippen molar-refractivity contribution in [2.24, 2.45) is 0 Å². The van der Waals surface area contributed by atoms with Crippen LogP contribution in [0.3, 0.4) is 0 Å². The molecule has 0 saturated carbocycles. The number of hydrogen-bond donors (Lipinski definition) is 3. The SMILES string of the molecule is CCNc1cc(C(=O)Nc2ccc(Cl)c(-c3cc4cnc(NCCN(C)C)nc4n(OC)c3=O)c2)cc(Cl)n1. The zero-order valence-corrected chi connectivity index (χ0v) is 23.4. The standard InChI is InChI=1S/C26H28Cl2N8O3/c1-5-29-22-12-15(11-21(28)33-22)24(37)32-17-6-7-20(27)18(13-17)19-10-16-14-31-26(30-8-9-35(2)3)34-23(16)36(39-4)25(19)38/h6-7,10-14H,5,8-9H2,1-4H3,(H,29,33)(H,32,37)(H,30,31,34). The Labute approximate surface area is 235 Å². The van der Waals surface area contributed by atoms with Crippen LogP contribution in [0.4, 0.5) is 17.5 Å². The van der Waals surface area contributed by atoms with Crippen molar-refractivity contribution in [2.75, 3.05) is 56.8 Å². The van der Waals surface area contributed by atoms with Crippen LogP contribution in [0.5, 0.6) is 0 Å². The molecule has 0 saturated heterocycles. The number of benzene rings is 1. The number of anilines is 3. The summed E-state index contributed by atoms with van der Waals surface area (Å²) in [6.45, 7) is 3.95. The van der Waals surface area contributed by atoms with Gasteiger partial charge in [-0.3, -0.25) is 9.59 Å². The fourth-order valence-electron chi connectivity index (χ4n) is 3.82. The monoisotopic (exact) mass is 570 g/mol. The summed E-state index contributed by atoms with van der Waals surface area (Å²) >= 11 is 12.6. The van der Waals surface area contributed by atoms with Gasteiger partial charge in [0.15, 0.2) is 5.65 Å². The maximum atomic E-state index is 13.4. The first-order valence-electron chi connectivity index (χ1n) is 12.1. The summed E-state index contributed by atoms with van der Waals surface area (Å²) in [5.41, 5.74) is 1.24. The van der Waals surface area contributed by atoms with E-state index in [-0.39, 0.29) is 10.7 Å². The number of carbonyl (C=O) groups is 1. The van der Waals surface area contributed by atoms with E-state index < -0.39 is 11.5 Å². The smallest absolute Gasteiger partial charge is 0.293 e. The Morgan fingerprint density at radius 1 is 1.08 bits per heavy atom. The van der Waals surface area contributed by atoms with Gasteiger partial charge in [0.2, 0.25) is 5.95 Å². The average molecular weight is 571 g/mol. The molecule has 0 radical (unpaired) electrons. The van der Waals surface area contributed by atoms with E-state index in [2.05, 4.69) is 30.9 Å². The number of fused-ring (bicyclic) bond motifs is 1. The number of pyridine rings is 2. The second-order valence-electron chi connectivity index (χ2n) is 8.79. The van der Waals surface area contributed by atoms with Crippen LogP contribution in [0.25, 0.3) is 22.2 Å². The Morgan fingerprint density at radius 3 is 2.59 bits per heavy atom. The van der Waals surface area contributed by atoms with Crippen LogP contribution in [0.2, 0.25) is 10.2 Å². The van der Waals surface area contributed by atoms with Gasteiger partial charge >= 0.3 is 0 Å². The van der Waals surface area contributed by atoms with Crippen molar-refractivity contribution in [3.05, 3.63) is 68.7 Å². The lowest BCUT2D eigenvalue weighted by molar-refractivity contribution is 0.102. The quantitative estimate of drug-likeness (QED) is 0.243. The summed E-state index contributed by atoms with van der Waals surface area (Å²) in [6, 6.07) is 9.59. The van der Waals surface area contributed by atoms with Crippen LogP contribution in [-0.2, 0) is 0 Å². The molecule has 13 heteroatoms. The molecule has 0 spiro atoms. The first kappa shape index (κ1) is 28.1. The molecule has 0 aliphatic heterocycles. The minimum absolute atomic E-state index is 0.185. The van der Waals surface area contributed by atoms with Gasteiger partial charge in [-0.25, -0.2) is 9.97 Å². The Balaban J connectivity index is 1.68. The van der Waals surface area contributed by atoms with Gasteiger partial charge in [0.25, 0.3) is 11.5 Å². The summed E-state index contributed by atoms with van der Waals surface area (Å²) in [6.07, 6.45) is 1.60. The molecular weight excluding hydrogens is 543 g/mol. The maximum absolute atomic E-state index is 13.4. The molecule has 0 fully saturated rings. The molecule has 3 heterocycles. The topological polar surface area (TPSA) is 126 Å². The molecule has 1 amide bonds. The number of carbonyl (C=O) groups excluding carboxylic acids is 1. The molecular formula is C26H28Cl2N8O3. The van der Waals surface area contributed by atoms with Gasteiger partial charge in [-0.1, -0.05) is 23.2 Å². The second kappa shape index (κ2) is 12.3. The number of nitrogens with one attached hydrogen (secondary N) is 3. The van der Waals surface area contributed by atoms with Gasteiger partial charge in [-0.2, -0.15) is 4.98 Å². The van der Waals surface area contributed by atoms with Gasteiger partial charge in [0.05, 0.1) is 5.56 Å². The van der Waals surface area contributed by atoms with Gasteiger partial charge in [0, 0.05) is 53.1 Å². The van der Waals surface area contributed by atoms with Crippen LogP contribution in [-0.4, -0.2) is 71.3 Å². The predicted octanol–water partition coefficient (Wildman–Crippen LogP) is 3.88. The number of halogens is 2. The zero-order chi connectivity index (χ0) is 28.1. The van der Waals surface area contributed by atoms with Gasteiger partial charge in [-0.15, -0.1) is 4.73 Å².